The largest absolute Gasteiger partial charge is 0.357 e. The van der Waals surface area contributed by atoms with Crippen LogP contribution in [0.1, 0.15) is 11.1 Å². The minimum Gasteiger partial charge on any atom is -0.357 e. The average Bonchev–Trinajstić information content (AvgIpc) is 2.55. The summed E-state index contributed by atoms with van der Waals surface area (Å²) in [4.78, 5) is 11.8. The van der Waals surface area contributed by atoms with Crippen molar-refractivity contribution in [3.8, 4) is 0 Å². The van der Waals surface area contributed by atoms with E-state index in [9.17, 15) is 9.18 Å². The Morgan fingerprint density at radius 2 is 1.83 bits per heavy atom. The lowest BCUT2D eigenvalue weighted by atomic mass is 10.1. The molecule has 0 saturated carbocycles. The van der Waals surface area contributed by atoms with Gasteiger partial charge < -0.3 is 5.32 Å². The van der Waals surface area contributed by atoms with Gasteiger partial charge in [-0.15, -0.1) is 0 Å². The fourth-order valence-corrected chi connectivity index (χ4v) is 2.21. The standard InChI is InChI=1S/C16H15ClFN3OS/c17-13-7-4-8-14(18)12(13)9-15(22)20-21-16(23)19-10-11-5-2-1-3-6-11/h1-8H,9-10H2,(H,20,22)(H2,19,21,23). The summed E-state index contributed by atoms with van der Waals surface area (Å²) in [6, 6.07) is 14.0. The van der Waals surface area contributed by atoms with E-state index in [4.69, 9.17) is 23.8 Å². The number of nitrogens with one attached hydrogen (secondary N) is 3. The van der Waals surface area contributed by atoms with E-state index >= 15 is 0 Å². The third-order valence-corrected chi connectivity index (χ3v) is 3.61. The molecule has 0 spiro atoms. The topological polar surface area (TPSA) is 53.2 Å². The zero-order valence-corrected chi connectivity index (χ0v) is 13.7. The van der Waals surface area contributed by atoms with E-state index in [1.165, 1.54) is 18.2 Å². The molecule has 120 valence electrons. The van der Waals surface area contributed by atoms with Crippen molar-refractivity contribution >= 4 is 34.8 Å². The molecule has 0 heterocycles. The van der Waals surface area contributed by atoms with E-state index in [-0.39, 0.29) is 22.1 Å². The first-order valence-corrected chi connectivity index (χ1v) is 7.64. The molecule has 0 unspecified atom stereocenters. The fourth-order valence-electron chi connectivity index (χ4n) is 1.85. The predicted octanol–water partition coefficient (Wildman–Crippen LogP) is 2.72. The van der Waals surface area contributed by atoms with Gasteiger partial charge in [0.1, 0.15) is 5.82 Å². The van der Waals surface area contributed by atoms with Crippen LogP contribution in [0.3, 0.4) is 0 Å². The van der Waals surface area contributed by atoms with Crippen LogP contribution in [0, 0.1) is 5.82 Å². The second-order valence-corrected chi connectivity index (χ2v) is 5.53. The summed E-state index contributed by atoms with van der Waals surface area (Å²) in [6.45, 7) is 0.529. The van der Waals surface area contributed by atoms with Gasteiger partial charge in [-0.1, -0.05) is 48.0 Å². The zero-order chi connectivity index (χ0) is 16.7. The first kappa shape index (κ1) is 17.2. The van der Waals surface area contributed by atoms with Crippen LogP contribution in [0.15, 0.2) is 48.5 Å². The number of thiocarbonyl (C=S) groups is 1. The smallest absolute Gasteiger partial charge is 0.242 e. The van der Waals surface area contributed by atoms with Crippen molar-refractivity contribution in [2.75, 3.05) is 0 Å². The second kappa shape index (κ2) is 8.45. The Hall–Kier alpha value is -2.18. The molecule has 3 N–H and O–H groups in total. The number of carbonyl (C=O) groups is 1. The number of benzene rings is 2. The van der Waals surface area contributed by atoms with Gasteiger partial charge >= 0.3 is 0 Å². The van der Waals surface area contributed by atoms with Crippen molar-refractivity contribution in [3.63, 3.8) is 0 Å². The van der Waals surface area contributed by atoms with E-state index in [1.807, 2.05) is 30.3 Å². The molecule has 0 aliphatic carbocycles. The molecule has 2 rings (SSSR count). The molecule has 2 aromatic carbocycles. The summed E-state index contributed by atoms with van der Waals surface area (Å²) in [7, 11) is 0. The summed E-state index contributed by atoms with van der Waals surface area (Å²) in [6.07, 6.45) is -0.181. The number of rotatable bonds is 4. The molecule has 0 radical (unpaired) electrons. The van der Waals surface area contributed by atoms with E-state index in [0.717, 1.165) is 5.56 Å². The lowest BCUT2D eigenvalue weighted by Gasteiger charge is -2.12. The summed E-state index contributed by atoms with van der Waals surface area (Å²) >= 11 is 10.9. The molecular weight excluding hydrogens is 337 g/mol. The molecule has 2 aromatic rings. The van der Waals surface area contributed by atoms with E-state index in [0.29, 0.717) is 6.54 Å². The normalized spacial score (nSPS) is 10.0. The molecule has 0 aromatic heterocycles. The molecular formula is C16H15ClFN3OS. The van der Waals surface area contributed by atoms with Crippen molar-refractivity contribution < 1.29 is 9.18 Å². The Morgan fingerprint density at radius 3 is 2.52 bits per heavy atom. The summed E-state index contributed by atoms with van der Waals surface area (Å²) in [5, 5.41) is 3.42. The monoisotopic (exact) mass is 351 g/mol. The second-order valence-electron chi connectivity index (χ2n) is 4.72. The molecule has 7 heteroatoms. The summed E-state index contributed by atoms with van der Waals surface area (Å²) in [5.41, 5.74) is 6.18. The maximum Gasteiger partial charge on any atom is 0.242 e. The van der Waals surface area contributed by atoms with Gasteiger partial charge in [-0.3, -0.25) is 15.6 Å². The molecule has 23 heavy (non-hydrogen) atoms. The molecule has 0 aliphatic rings. The Bertz CT molecular complexity index is 677. The number of hydrazine groups is 1. The fraction of sp³-hybridized carbons (Fsp3) is 0.125. The van der Waals surface area contributed by atoms with Crippen LogP contribution in [0.25, 0.3) is 0 Å². The molecule has 0 saturated heterocycles. The molecule has 0 atom stereocenters. The van der Waals surface area contributed by atoms with Gasteiger partial charge in [0.15, 0.2) is 5.11 Å². The Labute approximate surface area is 144 Å². The Kier molecular flexibility index (Phi) is 6.31. The molecule has 4 nitrogen and oxygen atoms in total. The first-order valence-electron chi connectivity index (χ1n) is 6.86. The first-order chi connectivity index (χ1) is 11.1. The van der Waals surface area contributed by atoms with Crippen molar-refractivity contribution in [2.24, 2.45) is 0 Å². The highest BCUT2D eigenvalue weighted by atomic mass is 35.5. The third kappa shape index (κ3) is 5.50. The van der Waals surface area contributed by atoms with Crippen molar-refractivity contribution in [1.29, 1.82) is 0 Å². The average molecular weight is 352 g/mol. The molecule has 1 amide bonds. The van der Waals surface area contributed by atoms with Crippen LogP contribution in [0.4, 0.5) is 4.39 Å². The van der Waals surface area contributed by atoms with Gasteiger partial charge in [-0.05, 0) is 29.9 Å². The van der Waals surface area contributed by atoms with E-state index in [2.05, 4.69) is 16.2 Å². The highest BCUT2D eigenvalue weighted by molar-refractivity contribution is 7.80. The highest BCUT2D eigenvalue weighted by Crippen LogP contribution is 2.19. The number of hydrogen-bond donors (Lipinski definition) is 3. The van der Waals surface area contributed by atoms with Crippen LogP contribution in [-0.2, 0) is 17.8 Å². The third-order valence-electron chi connectivity index (χ3n) is 3.01. The lowest BCUT2D eigenvalue weighted by molar-refractivity contribution is -0.121. The maximum absolute atomic E-state index is 13.6. The number of hydrogen-bond acceptors (Lipinski definition) is 2. The highest BCUT2D eigenvalue weighted by Gasteiger charge is 2.11. The lowest BCUT2D eigenvalue weighted by Crippen LogP contribution is -2.47. The van der Waals surface area contributed by atoms with Gasteiger partial charge in [-0.2, -0.15) is 0 Å². The van der Waals surface area contributed by atoms with E-state index < -0.39 is 11.7 Å². The van der Waals surface area contributed by atoms with Crippen LogP contribution in [0.5, 0.6) is 0 Å². The van der Waals surface area contributed by atoms with Crippen molar-refractivity contribution in [3.05, 3.63) is 70.5 Å². The molecule has 0 bridgehead atoms. The number of carbonyl (C=O) groups excluding carboxylic acids is 1. The molecule has 0 aliphatic heterocycles. The predicted molar refractivity (Wildman–Crippen MR) is 92.3 cm³/mol. The van der Waals surface area contributed by atoms with Crippen LogP contribution in [0.2, 0.25) is 5.02 Å². The van der Waals surface area contributed by atoms with Gasteiger partial charge in [0.05, 0.1) is 6.42 Å². The summed E-state index contributed by atoms with van der Waals surface area (Å²) < 4.78 is 13.6. The van der Waals surface area contributed by atoms with Crippen molar-refractivity contribution in [1.82, 2.24) is 16.2 Å². The summed E-state index contributed by atoms with van der Waals surface area (Å²) in [5.74, 6) is -0.960. The molecule has 0 fully saturated rings. The SMILES string of the molecule is O=C(Cc1c(F)cccc1Cl)NNC(=S)NCc1ccccc1. The number of halogens is 2. The van der Waals surface area contributed by atoms with Crippen molar-refractivity contribution in [2.45, 2.75) is 13.0 Å². The maximum atomic E-state index is 13.6. The van der Waals surface area contributed by atoms with Crippen LogP contribution in [-0.4, -0.2) is 11.0 Å². The number of amides is 1. The minimum atomic E-state index is -0.516. The van der Waals surface area contributed by atoms with Gasteiger partial charge in [0.2, 0.25) is 5.91 Å². The van der Waals surface area contributed by atoms with Gasteiger partial charge in [0, 0.05) is 17.1 Å². The minimum absolute atomic E-state index is 0.150. The van der Waals surface area contributed by atoms with Crippen LogP contribution >= 0.6 is 23.8 Å². The quantitative estimate of drug-likeness (QED) is 0.585. The zero-order valence-electron chi connectivity index (χ0n) is 12.1. The van der Waals surface area contributed by atoms with Crippen LogP contribution < -0.4 is 16.2 Å². The Balaban J connectivity index is 1.77. The van der Waals surface area contributed by atoms with Gasteiger partial charge in [-0.25, -0.2) is 4.39 Å². The Morgan fingerprint density at radius 1 is 1.09 bits per heavy atom. The van der Waals surface area contributed by atoms with Gasteiger partial charge in [0.25, 0.3) is 0 Å². The van der Waals surface area contributed by atoms with E-state index in [1.54, 1.807) is 0 Å².